The number of para-hydroxylation sites is 4. The molecule has 2 aliphatic rings. The number of fused-ring (bicyclic) bond motifs is 2. The summed E-state index contributed by atoms with van der Waals surface area (Å²) < 4.78 is 18.4. The van der Waals surface area contributed by atoms with E-state index in [1.807, 2.05) is 47.4 Å². The number of nitrogens with zero attached hydrogens (tertiary/aromatic N) is 3. The van der Waals surface area contributed by atoms with Crippen molar-refractivity contribution in [3.05, 3.63) is 59.1 Å². The van der Waals surface area contributed by atoms with Crippen LogP contribution in [-0.4, -0.2) is 60.9 Å². The molecule has 5 rings (SSSR count). The van der Waals surface area contributed by atoms with Crippen LogP contribution in [0.3, 0.4) is 0 Å². The number of hydrogen-bond acceptors (Lipinski definition) is 6. The Morgan fingerprint density at radius 1 is 1.00 bits per heavy atom. The topological polar surface area (TPSA) is 77.2 Å². The first-order chi connectivity index (χ1) is 15.2. The number of rotatable bonds is 5. The van der Waals surface area contributed by atoms with Crippen LogP contribution in [0.1, 0.15) is 6.42 Å². The van der Waals surface area contributed by atoms with Gasteiger partial charge in [0.1, 0.15) is 5.75 Å². The van der Waals surface area contributed by atoms with Gasteiger partial charge in [0.15, 0.2) is 11.7 Å². The molecule has 3 heterocycles. The van der Waals surface area contributed by atoms with E-state index in [4.69, 9.17) is 13.9 Å². The molecular formula is C23H25N3O5. The van der Waals surface area contributed by atoms with Gasteiger partial charge in [-0.2, -0.15) is 0 Å². The lowest BCUT2D eigenvalue weighted by molar-refractivity contribution is -0.142. The third kappa shape index (κ3) is 3.90. The molecule has 2 aromatic carbocycles. The van der Waals surface area contributed by atoms with Gasteiger partial charge in [-0.1, -0.05) is 24.3 Å². The fraction of sp³-hybridized carbons (Fsp3) is 0.391. The highest BCUT2D eigenvalue weighted by molar-refractivity contribution is 5.83. The highest BCUT2D eigenvalue weighted by atomic mass is 16.5. The Bertz CT molecular complexity index is 1130. The van der Waals surface area contributed by atoms with Gasteiger partial charge in [0, 0.05) is 26.2 Å². The van der Waals surface area contributed by atoms with Gasteiger partial charge in [0.2, 0.25) is 0 Å². The molecule has 0 bridgehead atoms. The van der Waals surface area contributed by atoms with E-state index >= 15 is 0 Å². The minimum Gasteiger partial charge on any atom is -0.477 e. The molecular weight excluding hydrogens is 398 g/mol. The van der Waals surface area contributed by atoms with Crippen molar-refractivity contribution in [2.45, 2.75) is 19.1 Å². The maximum atomic E-state index is 13.0. The fourth-order valence-corrected chi connectivity index (χ4v) is 4.28. The summed E-state index contributed by atoms with van der Waals surface area (Å²) in [5.74, 6) is 0.370. The number of morpholine rings is 1. The summed E-state index contributed by atoms with van der Waals surface area (Å²) in [4.78, 5) is 29.3. The second-order valence-corrected chi connectivity index (χ2v) is 7.80. The lowest BCUT2D eigenvalue weighted by atomic mass is 10.1. The van der Waals surface area contributed by atoms with Crippen LogP contribution in [0.5, 0.6) is 5.75 Å². The largest absolute Gasteiger partial charge is 0.477 e. The number of oxazole rings is 1. The molecule has 1 saturated heterocycles. The molecule has 0 N–H and O–H groups in total. The lowest BCUT2D eigenvalue weighted by Gasteiger charge is -2.38. The molecule has 0 saturated carbocycles. The van der Waals surface area contributed by atoms with Crippen molar-refractivity contribution in [2.24, 2.45) is 0 Å². The summed E-state index contributed by atoms with van der Waals surface area (Å²) in [6.07, 6.45) is 0.182. The summed E-state index contributed by atoms with van der Waals surface area (Å²) >= 11 is 0. The van der Waals surface area contributed by atoms with Gasteiger partial charge in [-0.25, -0.2) is 4.79 Å². The first kappa shape index (κ1) is 19.7. The van der Waals surface area contributed by atoms with Crippen LogP contribution in [0.4, 0.5) is 5.69 Å². The molecule has 1 fully saturated rings. The van der Waals surface area contributed by atoms with Gasteiger partial charge in [-0.05, 0) is 30.7 Å². The number of anilines is 1. The molecule has 162 valence electrons. The van der Waals surface area contributed by atoms with Crippen molar-refractivity contribution in [3.8, 4) is 5.75 Å². The highest BCUT2D eigenvalue weighted by Crippen LogP contribution is 2.33. The average molecular weight is 423 g/mol. The maximum absolute atomic E-state index is 13.0. The van der Waals surface area contributed by atoms with E-state index < -0.39 is 6.10 Å². The summed E-state index contributed by atoms with van der Waals surface area (Å²) in [6, 6.07) is 15.2. The molecule has 2 aliphatic heterocycles. The lowest BCUT2D eigenvalue weighted by Crippen LogP contribution is -2.53. The number of carbonyl (C=O) groups is 1. The summed E-state index contributed by atoms with van der Waals surface area (Å²) in [5.41, 5.74) is 2.37. The maximum Gasteiger partial charge on any atom is 0.419 e. The molecule has 0 aliphatic carbocycles. The zero-order chi connectivity index (χ0) is 21.2. The van der Waals surface area contributed by atoms with Crippen LogP contribution < -0.4 is 15.4 Å². The Kier molecular flexibility index (Phi) is 5.38. The first-order valence-electron chi connectivity index (χ1n) is 10.7. The average Bonchev–Trinajstić information content (AvgIpc) is 3.14. The van der Waals surface area contributed by atoms with E-state index in [0.29, 0.717) is 57.3 Å². The summed E-state index contributed by atoms with van der Waals surface area (Å²) in [5, 5.41) is 0. The summed E-state index contributed by atoms with van der Waals surface area (Å²) in [7, 11) is 0. The van der Waals surface area contributed by atoms with Crippen LogP contribution in [-0.2, 0) is 16.1 Å². The van der Waals surface area contributed by atoms with E-state index in [2.05, 4.69) is 4.90 Å². The van der Waals surface area contributed by atoms with Crippen LogP contribution in [0.2, 0.25) is 0 Å². The molecule has 0 radical (unpaired) electrons. The molecule has 8 heteroatoms. The Balaban J connectivity index is 1.31. The standard InChI is InChI=1S/C23H25N3O5/c27-22(24-12-14-29-15-13-24)21-16-25(17-6-1-3-8-19(17)30-21)10-5-11-26-18-7-2-4-9-20(18)31-23(26)28/h1-4,6-9,21H,5,10-16H2. The highest BCUT2D eigenvalue weighted by Gasteiger charge is 2.33. The number of carbonyl (C=O) groups excluding carboxylic acids is 1. The summed E-state index contributed by atoms with van der Waals surface area (Å²) in [6.45, 7) is 4.02. The third-order valence-electron chi connectivity index (χ3n) is 5.84. The number of aryl methyl sites for hydroxylation is 1. The molecule has 3 aromatic rings. The van der Waals surface area contributed by atoms with Crippen LogP contribution in [0, 0.1) is 0 Å². The van der Waals surface area contributed by atoms with Gasteiger partial charge in [0.25, 0.3) is 5.91 Å². The van der Waals surface area contributed by atoms with Crippen molar-refractivity contribution >= 4 is 22.7 Å². The predicted molar refractivity (Wildman–Crippen MR) is 116 cm³/mol. The smallest absolute Gasteiger partial charge is 0.419 e. The number of amides is 1. The van der Waals surface area contributed by atoms with Crippen molar-refractivity contribution in [1.29, 1.82) is 0 Å². The minimum atomic E-state index is -0.550. The van der Waals surface area contributed by atoms with Crippen LogP contribution in [0.15, 0.2) is 57.7 Å². The fourth-order valence-electron chi connectivity index (χ4n) is 4.28. The Hall–Kier alpha value is -3.26. The number of aromatic nitrogens is 1. The van der Waals surface area contributed by atoms with E-state index in [9.17, 15) is 9.59 Å². The predicted octanol–water partition coefficient (Wildman–Crippen LogP) is 2.11. The Morgan fingerprint density at radius 2 is 1.77 bits per heavy atom. The van der Waals surface area contributed by atoms with Gasteiger partial charge in [-0.15, -0.1) is 0 Å². The second-order valence-electron chi connectivity index (χ2n) is 7.80. The van der Waals surface area contributed by atoms with Gasteiger partial charge in [0.05, 0.1) is 31.0 Å². The Morgan fingerprint density at radius 3 is 2.65 bits per heavy atom. The number of ether oxygens (including phenoxy) is 2. The monoisotopic (exact) mass is 423 g/mol. The van der Waals surface area contributed by atoms with Gasteiger partial charge >= 0.3 is 5.76 Å². The second kappa shape index (κ2) is 8.47. The number of benzene rings is 2. The van der Waals surface area contributed by atoms with Crippen molar-refractivity contribution in [2.75, 3.05) is 44.3 Å². The molecule has 0 spiro atoms. The van der Waals surface area contributed by atoms with Crippen molar-refractivity contribution in [3.63, 3.8) is 0 Å². The van der Waals surface area contributed by atoms with Crippen LogP contribution >= 0.6 is 0 Å². The first-order valence-corrected chi connectivity index (χ1v) is 10.7. The number of hydrogen-bond donors (Lipinski definition) is 0. The zero-order valence-electron chi connectivity index (χ0n) is 17.2. The normalized spacial score (nSPS) is 18.6. The van der Waals surface area contributed by atoms with Crippen LogP contribution in [0.25, 0.3) is 11.1 Å². The third-order valence-corrected chi connectivity index (χ3v) is 5.84. The van der Waals surface area contributed by atoms with Gasteiger partial charge in [-0.3, -0.25) is 9.36 Å². The molecule has 1 atom stereocenters. The molecule has 1 aromatic heterocycles. The Labute approximate surface area is 179 Å². The van der Waals surface area contributed by atoms with E-state index in [1.165, 1.54) is 0 Å². The van der Waals surface area contributed by atoms with Gasteiger partial charge < -0.3 is 23.7 Å². The van der Waals surface area contributed by atoms with Crippen molar-refractivity contribution < 1.29 is 18.7 Å². The molecule has 1 unspecified atom stereocenters. The van der Waals surface area contributed by atoms with Crippen molar-refractivity contribution in [1.82, 2.24) is 9.47 Å². The molecule has 1 amide bonds. The van der Waals surface area contributed by atoms with E-state index in [0.717, 1.165) is 17.6 Å². The quantitative estimate of drug-likeness (QED) is 0.626. The molecule has 31 heavy (non-hydrogen) atoms. The minimum absolute atomic E-state index is 0.000138. The SMILES string of the molecule is O=C(C1CN(CCCn2c(=O)oc3ccccc32)c2ccccc2O1)N1CCOCC1. The zero-order valence-corrected chi connectivity index (χ0v) is 17.2. The molecule has 8 nitrogen and oxygen atoms in total. The van der Waals surface area contributed by atoms with E-state index in [-0.39, 0.29) is 11.7 Å². The van der Waals surface area contributed by atoms with E-state index in [1.54, 1.807) is 10.6 Å².